The van der Waals surface area contributed by atoms with Crippen LogP contribution in [0.3, 0.4) is 0 Å². The predicted molar refractivity (Wildman–Crippen MR) is 105 cm³/mol. The van der Waals surface area contributed by atoms with Crippen molar-refractivity contribution in [2.24, 2.45) is 0 Å². The van der Waals surface area contributed by atoms with E-state index in [0.29, 0.717) is 29.4 Å². The summed E-state index contributed by atoms with van der Waals surface area (Å²) in [6.07, 6.45) is -1.69. The summed E-state index contributed by atoms with van der Waals surface area (Å²) in [4.78, 5) is 24.2. The molecular weight excluding hydrogens is 374 g/mol. The van der Waals surface area contributed by atoms with Gasteiger partial charge in [-0.3, -0.25) is 20.4 Å². The molecule has 0 aliphatic heterocycles. The van der Waals surface area contributed by atoms with Crippen LogP contribution in [0.25, 0.3) is 0 Å². The molecule has 29 heavy (non-hydrogen) atoms. The van der Waals surface area contributed by atoms with Crippen LogP contribution >= 0.6 is 0 Å². The van der Waals surface area contributed by atoms with E-state index in [1.165, 1.54) is 0 Å². The van der Waals surface area contributed by atoms with Crippen molar-refractivity contribution in [2.45, 2.75) is 33.0 Å². The first kappa shape index (κ1) is 21.6. The fourth-order valence-electron chi connectivity index (χ4n) is 2.23. The summed E-state index contributed by atoms with van der Waals surface area (Å²) >= 11 is 0. The Morgan fingerprint density at radius 3 is 1.69 bits per heavy atom. The Kier molecular flexibility index (Phi) is 7.86. The molecule has 0 radical (unpaired) electrons. The van der Waals surface area contributed by atoms with Gasteiger partial charge in [0, 0.05) is 0 Å². The Bertz CT molecular complexity index is 859. The minimum atomic E-state index is -0.856. The maximum absolute atomic E-state index is 12.1. The highest BCUT2D eigenvalue weighted by Crippen LogP contribution is 2.18. The Morgan fingerprint density at radius 2 is 1.28 bits per heavy atom. The fourth-order valence-corrected chi connectivity index (χ4v) is 2.23. The summed E-state index contributed by atoms with van der Waals surface area (Å²) in [6.45, 7) is 5.56. The van der Waals surface area contributed by atoms with Crippen LogP contribution in [0.5, 0.6) is 17.2 Å². The molecule has 2 aromatic carbocycles. The predicted octanol–water partition coefficient (Wildman–Crippen LogP) is 2.34. The summed E-state index contributed by atoms with van der Waals surface area (Å²) < 4.78 is 16.4. The van der Waals surface area contributed by atoms with Gasteiger partial charge in [0.05, 0.1) is 18.2 Å². The Labute approximate surface area is 169 Å². The van der Waals surface area contributed by atoms with E-state index in [4.69, 9.17) is 19.5 Å². The number of hydrogen-bond acceptors (Lipinski definition) is 6. The average Bonchev–Trinajstić information content (AvgIpc) is 2.73. The van der Waals surface area contributed by atoms with Gasteiger partial charge in [0.15, 0.2) is 12.2 Å². The van der Waals surface area contributed by atoms with Crippen LogP contribution in [0.2, 0.25) is 0 Å². The van der Waals surface area contributed by atoms with Crippen molar-refractivity contribution in [3.05, 3.63) is 54.1 Å². The van der Waals surface area contributed by atoms with Crippen LogP contribution in [0, 0.1) is 11.3 Å². The zero-order valence-corrected chi connectivity index (χ0v) is 16.5. The van der Waals surface area contributed by atoms with E-state index in [1.54, 1.807) is 62.4 Å². The van der Waals surface area contributed by atoms with Gasteiger partial charge >= 0.3 is 0 Å². The van der Waals surface area contributed by atoms with Crippen LogP contribution in [0.1, 0.15) is 26.3 Å². The van der Waals surface area contributed by atoms with E-state index < -0.39 is 24.0 Å². The molecule has 8 heteroatoms. The van der Waals surface area contributed by atoms with Crippen molar-refractivity contribution in [2.75, 3.05) is 6.61 Å². The zero-order valence-electron chi connectivity index (χ0n) is 16.5. The van der Waals surface area contributed by atoms with Gasteiger partial charge in [-0.15, -0.1) is 0 Å². The van der Waals surface area contributed by atoms with Gasteiger partial charge < -0.3 is 14.2 Å². The number of nitrogens with zero attached hydrogens (tertiary/aromatic N) is 1. The molecule has 0 aliphatic rings. The molecule has 2 rings (SSSR count). The summed E-state index contributed by atoms with van der Waals surface area (Å²) in [5.74, 6) is 0.597. The maximum Gasteiger partial charge on any atom is 0.279 e. The molecule has 0 aromatic heterocycles. The number of rotatable bonds is 8. The topological polar surface area (TPSA) is 110 Å². The third-order valence-electron chi connectivity index (χ3n) is 3.79. The molecule has 0 fully saturated rings. The standard InChI is InChI=1S/C21H23N3O5/c1-4-27-17-9-11-19(12-10-17)29-15(3)21(26)24-23-20(25)14(2)28-18-7-5-16(13-22)6-8-18/h5-12,14-15H,4H2,1-3H3,(H,23,25)(H,24,26)/t14-,15-/m0/s1. The molecule has 152 valence electrons. The summed E-state index contributed by atoms with van der Waals surface area (Å²) in [5.41, 5.74) is 5.10. The Morgan fingerprint density at radius 1 is 0.862 bits per heavy atom. The van der Waals surface area contributed by atoms with Crippen molar-refractivity contribution in [1.82, 2.24) is 10.9 Å². The lowest BCUT2D eigenvalue weighted by Crippen LogP contribution is -2.50. The second-order valence-electron chi connectivity index (χ2n) is 6.04. The normalized spacial score (nSPS) is 12.1. The van der Waals surface area contributed by atoms with Gasteiger partial charge in [0.1, 0.15) is 17.2 Å². The molecule has 0 bridgehead atoms. The molecule has 2 N–H and O–H groups in total. The van der Waals surface area contributed by atoms with Gasteiger partial charge in [0.25, 0.3) is 11.8 Å². The molecular formula is C21H23N3O5. The Balaban J connectivity index is 1.78. The number of hydrogen-bond donors (Lipinski definition) is 2. The number of benzene rings is 2. The van der Waals surface area contributed by atoms with E-state index >= 15 is 0 Å². The molecule has 0 saturated heterocycles. The van der Waals surface area contributed by atoms with Crippen molar-refractivity contribution in [3.8, 4) is 23.3 Å². The van der Waals surface area contributed by atoms with Gasteiger partial charge in [0.2, 0.25) is 0 Å². The SMILES string of the molecule is CCOc1ccc(O[C@@H](C)C(=O)NNC(=O)[C@H](C)Oc2ccc(C#N)cc2)cc1. The first-order valence-electron chi connectivity index (χ1n) is 9.09. The molecule has 2 amide bonds. The quantitative estimate of drug-likeness (QED) is 0.662. The van der Waals surface area contributed by atoms with Gasteiger partial charge in [-0.05, 0) is 69.3 Å². The van der Waals surface area contributed by atoms with Crippen molar-refractivity contribution >= 4 is 11.8 Å². The molecule has 8 nitrogen and oxygen atoms in total. The largest absolute Gasteiger partial charge is 0.494 e. The molecule has 0 heterocycles. The van der Waals surface area contributed by atoms with Crippen LogP contribution in [0.15, 0.2) is 48.5 Å². The second-order valence-corrected chi connectivity index (χ2v) is 6.04. The van der Waals surface area contributed by atoms with Gasteiger partial charge in [-0.1, -0.05) is 0 Å². The van der Waals surface area contributed by atoms with Crippen LogP contribution in [-0.2, 0) is 9.59 Å². The van der Waals surface area contributed by atoms with Gasteiger partial charge in [-0.2, -0.15) is 5.26 Å². The summed E-state index contributed by atoms with van der Waals surface area (Å²) in [7, 11) is 0. The van der Waals surface area contributed by atoms with E-state index in [0.717, 1.165) is 0 Å². The highest BCUT2D eigenvalue weighted by molar-refractivity contribution is 5.86. The molecule has 2 aromatic rings. The third-order valence-corrected chi connectivity index (χ3v) is 3.79. The number of amides is 2. The first-order chi connectivity index (χ1) is 13.9. The van der Waals surface area contributed by atoms with Crippen molar-refractivity contribution in [3.63, 3.8) is 0 Å². The highest BCUT2D eigenvalue weighted by Gasteiger charge is 2.19. The van der Waals surface area contributed by atoms with Crippen LogP contribution in [0.4, 0.5) is 0 Å². The lowest BCUT2D eigenvalue weighted by atomic mass is 10.2. The summed E-state index contributed by atoms with van der Waals surface area (Å²) in [6, 6.07) is 15.2. The summed E-state index contributed by atoms with van der Waals surface area (Å²) in [5, 5.41) is 8.78. The smallest absolute Gasteiger partial charge is 0.279 e. The Hall–Kier alpha value is -3.73. The molecule has 0 unspecified atom stereocenters. The second kappa shape index (κ2) is 10.6. The molecule has 0 spiro atoms. The van der Waals surface area contributed by atoms with Crippen LogP contribution < -0.4 is 25.1 Å². The minimum absolute atomic E-state index is 0.435. The highest BCUT2D eigenvalue weighted by atomic mass is 16.5. The molecule has 0 saturated carbocycles. The first-order valence-corrected chi connectivity index (χ1v) is 9.09. The fraction of sp³-hybridized carbons (Fsp3) is 0.286. The number of carbonyl (C=O) groups is 2. The zero-order chi connectivity index (χ0) is 21.2. The average molecular weight is 397 g/mol. The van der Waals surface area contributed by atoms with E-state index in [9.17, 15) is 9.59 Å². The maximum atomic E-state index is 12.1. The minimum Gasteiger partial charge on any atom is -0.494 e. The lowest BCUT2D eigenvalue weighted by Gasteiger charge is -2.18. The number of ether oxygens (including phenoxy) is 3. The van der Waals surface area contributed by atoms with Crippen LogP contribution in [-0.4, -0.2) is 30.6 Å². The van der Waals surface area contributed by atoms with Crippen molar-refractivity contribution in [1.29, 1.82) is 5.26 Å². The van der Waals surface area contributed by atoms with Crippen molar-refractivity contribution < 1.29 is 23.8 Å². The third kappa shape index (κ3) is 6.74. The van der Waals surface area contributed by atoms with E-state index in [1.807, 2.05) is 13.0 Å². The number of nitrogens with one attached hydrogen (secondary N) is 2. The monoisotopic (exact) mass is 397 g/mol. The van der Waals surface area contributed by atoms with E-state index in [2.05, 4.69) is 10.9 Å². The molecule has 2 atom stereocenters. The number of hydrazine groups is 1. The molecule has 0 aliphatic carbocycles. The van der Waals surface area contributed by atoms with Gasteiger partial charge in [-0.25, -0.2) is 0 Å². The number of carbonyl (C=O) groups excluding carboxylic acids is 2. The lowest BCUT2D eigenvalue weighted by molar-refractivity contribution is -0.135. The van der Waals surface area contributed by atoms with E-state index in [-0.39, 0.29) is 0 Å². The number of nitriles is 1.